The molecule has 1 aromatic heterocycles. The Kier molecular flexibility index (Phi) is 2.25. The van der Waals surface area contributed by atoms with Crippen LogP contribution in [0.2, 0.25) is 0 Å². The fourth-order valence-corrected chi connectivity index (χ4v) is 1.72. The summed E-state index contributed by atoms with van der Waals surface area (Å²) in [5.74, 6) is 0.00390. The maximum absolute atomic E-state index is 11.5. The smallest absolute Gasteiger partial charge is 0.253 e. The normalized spacial score (nSPS) is 15.8. The molecule has 1 N–H and O–H groups in total. The molecule has 1 amide bonds. The van der Waals surface area contributed by atoms with E-state index in [9.17, 15) is 4.79 Å². The Balaban J connectivity index is 2.46. The van der Waals surface area contributed by atoms with Crippen molar-refractivity contribution in [3.05, 3.63) is 29.1 Å². The average Bonchev–Trinajstić information content (AvgIpc) is 2.16. The number of rotatable bonds is 0. The Labute approximate surface area is 89.9 Å². The molecule has 0 aromatic carbocycles. The van der Waals surface area contributed by atoms with Crippen LogP contribution in [0, 0.1) is 0 Å². The van der Waals surface area contributed by atoms with E-state index in [0.717, 1.165) is 29.8 Å². The summed E-state index contributed by atoms with van der Waals surface area (Å²) < 4.78 is 0. The molecule has 0 saturated carbocycles. The highest BCUT2D eigenvalue weighted by molar-refractivity contribution is 5.96. The quantitative estimate of drug-likeness (QED) is 0.698. The Morgan fingerprint density at radius 3 is 2.80 bits per heavy atom. The van der Waals surface area contributed by atoms with Crippen molar-refractivity contribution < 1.29 is 4.79 Å². The van der Waals surface area contributed by atoms with Gasteiger partial charge in [-0.15, -0.1) is 0 Å². The molecule has 0 radical (unpaired) electrons. The van der Waals surface area contributed by atoms with Crippen molar-refractivity contribution in [1.29, 1.82) is 0 Å². The predicted molar refractivity (Wildman–Crippen MR) is 59.0 cm³/mol. The molecule has 80 valence electrons. The van der Waals surface area contributed by atoms with E-state index in [-0.39, 0.29) is 11.3 Å². The van der Waals surface area contributed by atoms with E-state index in [1.54, 1.807) is 6.20 Å². The number of fused-ring (bicyclic) bond motifs is 1. The van der Waals surface area contributed by atoms with Crippen LogP contribution in [0.5, 0.6) is 0 Å². The Bertz CT molecular complexity index is 405. The third kappa shape index (κ3) is 1.87. The highest BCUT2D eigenvalue weighted by atomic mass is 16.1. The van der Waals surface area contributed by atoms with Gasteiger partial charge in [-0.1, -0.05) is 20.8 Å². The second kappa shape index (κ2) is 3.33. The molecule has 2 rings (SSSR count). The molecule has 0 unspecified atom stereocenters. The summed E-state index contributed by atoms with van der Waals surface area (Å²) in [4.78, 5) is 15.8. The molecule has 3 heteroatoms. The summed E-state index contributed by atoms with van der Waals surface area (Å²) in [5, 5.41) is 2.82. The lowest BCUT2D eigenvalue weighted by atomic mass is 9.89. The summed E-state index contributed by atoms with van der Waals surface area (Å²) in [6.45, 7) is 7.12. The SMILES string of the molecule is CC(C)(C)c1cc2c(cn1)C(=O)NCC2. The summed E-state index contributed by atoms with van der Waals surface area (Å²) in [5.41, 5.74) is 2.95. The van der Waals surface area contributed by atoms with Gasteiger partial charge in [0.2, 0.25) is 0 Å². The third-order valence-corrected chi connectivity index (χ3v) is 2.68. The molecule has 3 nitrogen and oxygen atoms in total. The highest BCUT2D eigenvalue weighted by Gasteiger charge is 2.21. The summed E-state index contributed by atoms with van der Waals surface area (Å²) in [6, 6.07) is 2.06. The fourth-order valence-electron chi connectivity index (χ4n) is 1.72. The van der Waals surface area contributed by atoms with Crippen molar-refractivity contribution in [2.75, 3.05) is 6.54 Å². The van der Waals surface area contributed by atoms with Crippen LogP contribution in [0.25, 0.3) is 0 Å². The van der Waals surface area contributed by atoms with Gasteiger partial charge in [-0.2, -0.15) is 0 Å². The monoisotopic (exact) mass is 204 g/mol. The molecule has 0 saturated heterocycles. The molecular formula is C12H16N2O. The number of hydrogen-bond acceptors (Lipinski definition) is 2. The molecule has 1 aliphatic heterocycles. The first kappa shape index (κ1) is 10.1. The number of nitrogens with one attached hydrogen (secondary N) is 1. The molecule has 0 aliphatic carbocycles. The zero-order chi connectivity index (χ0) is 11.1. The van der Waals surface area contributed by atoms with Crippen LogP contribution in [0.3, 0.4) is 0 Å². The lowest BCUT2D eigenvalue weighted by Gasteiger charge is -2.22. The number of nitrogens with zero attached hydrogens (tertiary/aromatic N) is 1. The van der Waals surface area contributed by atoms with Crippen LogP contribution in [0.4, 0.5) is 0 Å². The van der Waals surface area contributed by atoms with Gasteiger partial charge in [0.1, 0.15) is 0 Å². The van der Waals surface area contributed by atoms with E-state index < -0.39 is 0 Å². The number of carbonyl (C=O) groups excluding carboxylic acids is 1. The van der Waals surface area contributed by atoms with Gasteiger partial charge in [-0.05, 0) is 18.1 Å². The van der Waals surface area contributed by atoms with Crippen LogP contribution in [0.15, 0.2) is 12.3 Å². The largest absolute Gasteiger partial charge is 0.352 e. The zero-order valence-corrected chi connectivity index (χ0v) is 9.42. The van der Waals surface area contributed by atoms with Crippen molar-refractivity contribution in [1.82, 2.24) is 10.3 Å². The molecule has 2 heterocycles. The van der Waals surface area contributed by atoms with Gasteiger partial charge in [0.15, 0.2) is 0 Å². The van der Waals surface area contributed by atoms with Crippen LogP contribution < -0.4 is 5.32 Å². The van der Waals surface area contributed by atoms with E-state index >= 15 is 0 Å². The summed E-state index contributed by atoms with van der Waals surface area (Å²) in [6.07, 6.45) is 2.61. The number of hydrogen-bond donors (Lipinski definition) is 1. The molecule has 0 spiro atoms. The molecule has 0 atom stereocenters. The molecule has 0 bridgehead atoms. The van der Waals surface area contributed by atoms with E-state index in [2.05, 4.69) is 37.1 Å². The Morgan fingerprint density at radius 2 is 2.13 bits per heavy atom. The summed E-state index contributed by atoms with van der Waals surface area (Å²) in [7, 11) is 0. The van der Waals surface area contributed by atoms with Gasteiger partial charge >= 0.3 is 0 Å². The standard InChI is InChI=1S/C12H16N2O/c1-12(2,3)10-6-8-4-5-13-11(15)9(8)7-14-10/h6-7H,4-5H2,1-3H3,(H,13,15). The van der Waals surface area contributed by atoms with E-state index in [0.29, 0.717) is 0 Å². The van der Waals surface area contributed by atoms with E-state index in [1.165, 1.54) is 0 Å². The number of carbonyl (C=O) groups is 1. The maximum atomic E-state index is 11.5. The van der Waals surface area contributed by atoms with Crippen LogP contribution >= 0.6 is 0 Å². The van der Waals surface area contributed by atoms with Gasteiger partial charge in [0.25, 0.3) is 5.91 Å². The van der Waals surface area contributed by atoms with Gasteiger partial charge in [0, 0.05) is 23.9 Å². The van der Waals surface area contributed by atoms with Crippen LogP contribution in [-0.2, 0) is 11.8 Å². The lowest BCUT2D eigenvalue weighted by molar-refractivity contribution is 0.0945. The first-order valence-electron chi connectivity index (χ1n) is 5.26. The first-order chi connectivity index (χ1) is 6.98. The van der Waals surface area contributed by atoms with E-state index in [4.69, 9.17) is 0 Å². The average molecular weight is 204 g/mol. The van der Waals surface area contributed by atoms with Crippen molar-refractivity contribution >= 4 is 5.91 Å². The maximum Gasteiger partial charge on any atom is 0.253 e. The molecular weight excluding hydrogens is 188 g/mol. The van der Waals surface area contributed by atoms with Crippen molar-refractivity contribution in [3.8, 4) is 0 Å². The highest BCUT2D eigenvalue weighted by Crippen LogP contribution is 2.23. The zero-order valence-electron chi connectivity index (χ0n) is 9.42. The third-order valence-electron chi connectivity index (χ3n) is 2.68. The minimum absolute atomic E-state index is 0.00390. The Morgan fingerprint density at radius 1 is 1.40 bits per heavy atom. The fraction of sp³-hybridized carbons (Fsp3) is 0.500. The van der Waals surface area contributed by atoms with Crippen molar-refractivity contribution in [2.24, 2.45) is 0 Å². The number of pyridine rings is 1. The molecule has 0 fully saturated rings. The molecule has 1 aliphatic rings. The second-order valence-electron chi connectivity index (χ2n) is 4.98. The number of amides is 1. The van der Waals surface area contributed by atoms with Gasteiger partial charge < -0.3 is 5.32 Å². The van der Waals surface area contributed by atoms with Gasteiger partial charge in [-0.3, -0.25) is 9.78 Å². The van der Waals surface area contributed by atoms with Gasteiger partial charge in [-0.25, -0.2) is 0 Å². The van der Waals surface area contributed by atoms with E-state index in [1.807, 2.05) is 0 Å². The Hall–Kier alpha value is -1.38. The predicted octanol–water partition coefficient (Wildman–Crippen LogP) is 1.67. The first-order valence-corrected chi connectivity index (χ1v) is 5.26. The molecule has 1 aromatic rings. The summed E-state index contributed by atoms with van der Waals surface area (Å²) >= 11 is 0. The molecule has 15 heavy (non-hydrogen) atoms. The topological polar surface area (TPSA) is 42.0 Å². The van der Waals surface area contributed by atoms with Crippen LogP contribution in [0.1, 0.15) is 42.4 Å². The van der Waals surface area contributed by atoms with Gasteiger partial charge in [0.05, 0.1) is 5.56 Å². The lowest BCUT2D eigenvalue weighted by Crippen LogP contribution is -2.32. The van der Waals surface area contributed by atoms with Crippen LogP contribution in [-0.4, -0.2) is 17.4 Å². The minimum Gasteiger partial charge on any atom is -0.352 e. The van der Waals surface area contributed by atoms with Crippen molar-refractivity contribution in [3.63, 3.8) is 0 Å². The minimum atomic E-state index is 0.00390. The van der Waals surface area contributed by atoms with Crippen molar-refractivity contribution in [2.45, 2.75) is 32.6 Å². The number of aromatic nitrogens is 1. The second-order valence-corrected chi connectivity index (χ2v) is 4.98.